The van der Waals surface area contributed by atoms with E-state index >= 15 is 0 Å². The molecule has 1 aliphatic rings. The number of benzene rings is 1. The molecule has 128 valence electrons. The van der Waals surface area contributed by atoms with E-state index in [0.29, 0.717) is 6.54 Å². The normalized spacial score (nSPS) is 18.1. The molecule has 0 aliphatic carbocycles. The fourth-order valence-electron chi connectivity index (χ4n) is 2.99. The Hall–Kier alpha value is -1.46. The third-order valence-electron chi connectivity index (χ3n) is 4.49. The van der Waals surface area contributed by atoms with Crippen LogP contribution in [0.25, 0.3) is 0 Å². The molecule has 0 aromatic heterocycles. The Bertz CT molecular complexity index is 495. The molecule has 0 bridgehead atoms. The van der Waals surface area contributed by atoms with Crippen molar-refractivity contribution in [1.29, 1.82) is 0 Å². The second kappa shape index (κ2) is 8.41. The van der Waals surface area contributed by atoms with Gasteiger partial charge in [-0.15, -0.1) is 0 Å². The minimum absolute atomic E-state index is 0.0398. The third kappa shape index (κ3) is 5.29. The van der Waals surface area contributed by atoms with Crippen molar-refractivity contribution in [2.75, 3.05) is 39.3 Å². The SMILES string of the molecule is CCN1CCN(CC(=O)N[C@H](c2ccc(F)cc2)C(C)C)CC1. The Morgan fingerprint density at radius 3 is 2.22 bits per heavy atom. The Kier molecular flexibility index (Phi) is 6.54. The number of likely N-dealkylation sites (N-methyl/N-ethyl adjacent to an activating group) is 1. The van der Waals surface area contributed by atoms with Gasteiger partial charge in [0.05, 0.1) is 12.6 Å². The van der Waals surface area contributed by atoms with Gasteiger partial charge in [-0.3, -0.25) is 9.69 Å². The highest BCUT2D eigenvalue weighted by molar-refractivity contribution is 5.78. The van der Waals surface area contributed by atoms with Crippen molar-refractivity contribution in [1.82, 2.24) is 15.1 Å². The Morgan fingerprint density at radius 2 is 1.70 bits per heavy atom. The number of nitrogens with one attached hydrogen (secondary N) is 1. The van der Waals surface area contributed by atoms with E-state index in [1.165, 1.54) is 12.1 Å². The summed E-state index contributed by atoms with van der Waals surface area (Å²) in [6.45, 7) is 11.7. The molecule has 1 saturated heterocycles. The number of rotatable bonds is 6. The van der Waals surface area contributed by atoms with Gasteiger partial charge in [-0.2, -0.15) is 0 Å². The van der Waals surface area contributed by atoms with Crippen molar-refractivity contribution in [2.24, 2.45) is 5.92 Å². The van der Waals surface area contributed by atoms with Gasteiger partial charge in [0.25, 0.3) is 0 Å². The maximum atomic E-state index is 13.1. The zero-order valence-electron chi connectivity index (χ0n) is 14.4. The van der Waals surface area contributed by atoms with E-state index in [0.717, 1.165) is 38.3 Å². The molecular weight excluding hydrogens is 293 g/mol. The van der Waals surface area contributed by atoms with Crippen LogP contribution in [0.2, 0.25) is 0 Å². The van der Waals surface area contributed by atoms with Crippen molar-refractivity contribution in [3.8, 4) is 0 Å². The smallest absolute Gasteiger partial charge is 0.234 e. The van der Waals surface area contributed by atoms with Crippen molar-refractivity contribution >= 4 is 5.91 Å². The van der Waals surface area contributed by atoms with Crippen molar-refractivity contribution in [3.05, 3.63) is 35.6 Å². The summed E-state index contributed by atoms with van der Waals surface area (Å²) in [5.41, 5.74) is 0.950. The molecule has 2 rings (SSSR count). The van der Waals surface area contributed by atoms with Crippen LogP contribution < -0.4 is 5.32 Å². The van der Waals surface area contributed by atoms with Gasteiger partial charge in [-0.1, -0.05) is 32.9 Å². The van der Waals surface area contributed by atoms with Gasteiger partial charge in [-0.05, 0) is 30.2 Å². The summed E-state index contributed by atoms with van der Waals surface area (Å²) >= 11 is 0. The van der Waals surface area contributed by atoms with Crippen LogP contribution in [0.5, 0.6) is 0 Å². The highest BCUT2D eigenvalue weighted by Crippen LogP contribution is 2.21. The molecule has 5 heteroatoms. The van der Waals surface area contributed by atoms with Crippen molar-refractivity contribution in [3.63, 3.8) is 0 Å². The summed E-state index contributed by atoms with van der Waals surface area (Å²) in [5.74, 6) is 0.0377. The van der Waals surface area contributed by atoms with E-state index in [1.54, 1.807) is 12.1 Å². The topological polar surface area (TPSA) is 35.6 Å². The van der Waals surface area contributed by atoms with Crippen molar-refractivity contribution in [2.45, 2.75) is 26.8 Å². The monoisotopic (exact) mass is 321 g/mol. The van der Waals surface area contributed by atoms with E-state index in [-0.39, 0.29) is 23.7 Å². The van der Waals surface area contributed by atoms with Gasteiger partial charge in [0.2, 0.25) is 5.91 Å². The van der Waals surface area contributed by atoms with Crippen LogP contribution in [-0.4, -0.2) is 55.0 Å². The molecule has 0 unspecified atom stereocenters. The van der Waals surface area contributed by atoms with Crippen LogP contribution in [0, 0.1) is 11.7 Å². The molecular formula is C18H28FN3O. The second-order valence-electron chi connectivity index (χ2n) is 6.55. The first-order chi connectivity index (χ1) is 11.0. The average Bonchev–Trinajstić information content (AvgIpc) is 2.54. The first kappa shape index (κ1) is 17.9. The average molecular weight is 321 g/mol. The fourth-order valence-corrected chi connectivity index (χ4v) is 2.99. The van der Waals surface area contributed by atoms with Gasteiger partial charge in [-0.25, -0.2) is 4.39 Å². The van der Waals surface area contributed by atoms with Gasteiger partial charge in [0, 0.05) is 26.2 Å². The van der Waals surface area contributed by atoms with Crippen LogP contribution in [0.3, 0.4) is 0 Å². The quantitative estimate of drug-likeness (QED) is 0.873. The number of carbonyl (C=O) groups is 1. The number of nitrogens with zero attached hydrogens (tertiary/aromatic N) is 2. The maximum Gasteiger partial charge on any atom is 0.234 e. The Labute approximate surface area is 138 Å². The van der Waals surface area contributed by atoms with Gasteiger partial charge in [0.15, 0.2) is 0 Å². The van der Waals surface area contributed by atoms with Gasteiger partial charge < -0.3 is 10.2 Å². The van der Waals surface area contributed by atoms with Gasteiger partial charge in [0.1, 0.15) is 5.82 Å². The standard InChI is InChI=1S/C18H28FN3O/c1-4-21-9-11-22(12-10-21)13-17(23)20-18(14(2)3)15-5-7-16(19)8-6-15/h5-8,14,18H,4,9-13H2,1-3H3,(H,20,23)/t18-/m0/s1. The van der Waals surface area contributed by atoms with E-state index in [2.05, 4.69) is 35.9 Å². The van der Waals surface area contributed by atoms with Crippen LogP contribution in [-0.2, 0) is 4.79 Å². The molecule has 1 amide bonds. The lowest BCUT2D eigenvalue weighted by Gasteiger charge is -2.34. The predicted molar refractivity (Wildman–Crippen MR) is 90.7 cm³/mol. The molecule has 0 radical (unpaired) electrons. The minimum Gasteiger partial charge on any atom is -0.348 e. The summed E-state index contributed by atoms with van der Waals surface area (Å²) in [6.07, 6.45) is 0. The second-order valence-corrected chi connectivity index (χ2v) is 6.55. The predicted octanol–water partition coefficient (Wildman–Crippen LogP) is 2.28. The van der Waals surface area contributed by atoms with E-state index in [4.69, 9.17) is 0 Å². The van der Waals surface area contributed by atoms with Crippen LogP contribution in [0.15, 0.2) is 24.3 Å². The van der Waals surface area contributed by atoms with Crippen LogP contribution in [0.4, 0.5) is 4.39 Å². The first-order valence-electron chi connectivity index (χ1n) is 8.49. The number of halogens is 1. The maximum absolute atomic E-state index is 13.1. The van der Waals surface area contributed by atoms with E-state index < -0.39 is 0 Å². The molecule has 1 fully saturated rings. The lowest BCUT2D eigenvalue weighted by Crippen LogP contribution is -2.49. The third-order valence-corrected chi connectivity index (χ3v) is 4.49. The highest BCUT2D eigenvalue weighted by Gasteiger charge is 2.22. The fraction of sp³-hybridized carbons (Fsp3) is 0.611. The summed E-state index contributed by atoms with van der Waals surface area (Å²) < 4.78 is 13.1. The molecule has 0 spiro atoms. The number of piperazine rings is 1. The molecule has 4 nitrogen and oxygen atoms in total. The number of amides is 1. The largest absolute Gasteiger partial charge is 0.348 e. The van der Waals surface area contributed by atoms with E-state index in [1.807, 2.05) is 0 Å². The molecule has 1 aliphatic heterocycles. The molecule has 1 aromatic rings. The molecule has 1 atom stereocenters. The minimum atomic E-state index is -0.253. The highest BCUT2D eigenvalue weighted by atomic mass is 19.1. The first-order valence-corrected chi connectivity index (χ1v) is 8.49. The molecule has 0 saturated carbocycles. The van der Waals surface area contributed by atoms with Crippen LogP contribution in [0.1, 0.15) is 32.4 Å². The summed E-state index contributed by atoms with van der Waals surface area (Å²) in [7, 11) is 0. The zero-order chi connectivity index (χ0) is 16.8. The summed E-state index contributed by atoms with van der Waals surface area (Å²) in [5, 5.41) is 3.11. The molecule has 1 aromatic carbocycles. The zero-order valence-corrected chi connectivity index (χ0v) is 14.4. The molecule has 23 heavy (non-hydrogen) atoms. The van der Waals surface area contributed by atoms with Crippen LogP contribution >= 0.6 is 0 Å². The Morgan fingerprint density at radius 1 is 1.13 bits per heavy atom. The van der Waals surface area contributed by atoms with Gasteiger partial charge >= 0.3 is 0 Å². The number of hydrogen-bond donors (Lipinski definition) is 1. The van der Waals surface area contributed by atoms with E-state index in [9.17, 15) is 9.18 Å². The molecule has 1 N–H and O–H groups in total. The summed E-state index contributed by atoms with van der Waals surface area (Å²) in [4.78, 5) is 17.0. The Balaban J connectivity index is 1.90. The lowest BCUT2D eigenvalue weighted by atomic mass is 9.96. The van der Waals surface area contributed by atoms with Crippen molar-refractivity contribution < 1.29 is 9.18 Å². The summed E-state index contributed by atoms with van der Waals surface area (Å²) in [6, 6.07) is 6.31. The molecule has 1 heterocycles. The number of hydrogen-bond acceptors (Lipinski definition) is 3. The number of carbonyl (C=O) groups excluding carboxylic acids is 1. The lowest BCUT2D eigenvalue weighted by molar-refractivity contribution is -0.123.